The van der Waals surface area contributed by atoms with Gasteiger partial charge in [-0.15, -0.1) is 5.10 Å². The molecular weight excluding hydrogens is 265 g/mol. The van der Waals surface area contributed by atoms with Crippen LogP contribution in [0.1, 0.15) is 47.2 Å². The Hall–Kier alpha value is -0.710. The van der Waals surface area contributed by atoms with E-state index in [1.54, 1.807) is 14.0 Å². The van der Waals surface area contributed by atoms with Crippen LogP contribution in [-0.4, -0.2) is 26.2 Å². The second kappa shape index (κ2) is 5.00. The van der Waals surface area contributed by atoms with E-state index < -0.39 is 18.8 Å². The number of aryl methyl sites for hydroxylation is 2. The molecule has 0 saturated carbocycles. The number of hydrogen-bond donors (Lipinski definition) is 0. The Balaban J connectivity index is 3.32. The van der Waals surface area contributed by atoms with Crippen molar-refractivity contribution in [2.24, 2.45) is 7.05 Å². The summed E-state index contributed by atoms with van der Waals surface area (Å²) in [6.07, 6.45) is 0. The molecule has 0 saturated heterocycles. The summed E-state index contributed by atoms with van der Waals surface area (Å²) < 4.78 is 26.1. The first-order chi connectivity index (χ1) is 8.34. The fraction of sp³-hybridized carbons (Fsp3) is 0.833. The van der Waals surface area contributed by atoms with Gasteiger partial charge in [0, 0.05) is 7.05 Å². The Kier molecular flexibility index (Phi) is 4.30. The van der Waals surface area contributed by atoms with Crippen molar-refractivity contribution in [2.45, 2.75) is 59.7 Å². The molecular formula is C12H24N3O3P. The highest BCUT2D eigenvalue weighted by Gasteiger charge is 2.41. The van der Waals surface area contributed by atoms with Crippen LogP contribution in [0.25, 0.3) is 0 Å². The molecule has 0 bridgehead atoms. The molecule has 6 nitrogen and oxygen atoms in total. The summed E-state index contributed by atoms with van der Waals surface area (Å²) in [5.41, 5.74) is -0.244. The molecule has 110 valence electrons. The van der Waals surface area contributed by atoms with Crippen LogP contribution in [0.2, 0.25) is 0 Å². The van der Waals surface area contributed by atoms with Crippen molar-refractivity contribution < 1.29 is 13.6 Å². The molecule has 0 radical (unpaired) electrons. The molecule has 1 rings (SSSR count). The number of aromatic nitrogens is 3. The van der Waals surface area contributed by atoms with Crippen LogP contribution < -0.4 is 5.44 Å². The first-order valence-electron chi connectivity index (χ1n) is 6.22. The molecule has 0 atom stereocenters. The van der Waals surface area contributed by atoms with Crippen molar-refractivity contribution in [3.8, 4) is 0 Å². The highest BCUT2D eigenvalue weighted by molar-refractivity contribution is 7.62. The zero-order chi connectivity index (χ0) is 15.1. The van der Waals surface area contributed by atoms with Gasteiger partial charge in [0.2, 0.25) is 0 Å². The zero-order valence-electron chi connectivity index (χ0n) is 13.0. The second-order valence-corrected chi connectivity index (χ2v) is 8.31. The summed E-state index contributed by atoms with van der Waals surface area (Å²) in [5.74, 6) is 0. The molecule has 0 aromatic carbocycles. The third-order valence-corrected chi connectivity index (χ3v) is 4.71. The van der Waals surface area contributed by atoms with Gasteiger partial charge in [-0.2, -0.15) is 0 Å². The standard InChI is InChI=1S/C12H24N3O3P/c1-9-10(15(8)14-13-9)19(16,17-11(2,3)4)18-12(5,6)7/h1-8H3. The van der Waals surface area contributed by atoms with Gasteiger partial charge in [-0.3, -0.25) is 13.6 Å². The summed E-state index contributed by atoms with van der Waals surface area (Å²) in [5, 5.41) is 7.80. The molecule has 0 unspecified atom stereocenters. The average Bonchev–Trinajstić information content (AvgIpc) is 2.38. The van der Waals surface area contributed by atoms with Crippen molar-refractivity contribution in [3.63, 3.8) is 0 Å². The Bertz CT molecular complexity index is 458. The summed E-state index contributed by atoms with van der Waals surface area (Å²) in [7, 11) is -1.82. The number of nitrogens with zero attached hydrogens (tertiary/aromatic N) is 3. The topological polar surface area (TPSA) is 66.2 Å². The molecule has 19 heavy (non-hydrogen) atoms. The number of hydrogen-bond acceptors (Lipinski definition) is 5. The number of rotatable bonds is 3. The van der Waals surface area contributed by atoms with E-state index >= 15 is 0 Å². The van der Waals surface area contributed by atoms with Crippen LogP contribution in [0.4, 0.5) is 0 Å². The highest BCUT2D eigenvalue weighted by atomic mass is 31.2. The van der Waals surface area contributed by atoms with E-state index in [2.05, 4.69) is 10.3 Å². The zero-order valence-corrected chi connectivity index (χ0v) is 13.9. The first kappa shape index (κ1) is 16.3. The van der Waals surface area contributed by atoms with Crippen LogP contribution in [0, 0.1) is 6.92 Å². The van der Waals surface area contributed by atoms with Gasteiger partial charge in [0.05, 0.1) is 16.9 Å². The molecule has 0 N–H and O–H groups in total. The summed E-state index contributed by atoms with van der Waals surface area (Å²) in [6, 6.07) is 0. The monoisotopic (exact) mass is 289 g/mol. The summed E-state index contributed by atoms with van der Waals surface area (Å²) in [6.45, 7) is 12.8. The molecule has 0 fully saturated rings. The minimum atomic E-state index is -3.50. The summed E-state index contributed by atoms with van der Waals surface area (Å²) in [4.78, 5) is 0. The SMILES string of the molecule is Cc1nnn(C)c1P(=O)(OC(C)(C)C)OC(C)(C)C. The van der Waals surface area contributed by atoms with Gasteiger partial charge in [0.25, 0.3) is 0 Å². The lowest BCUT2D eigenvalue weighted by atomic mass is 10.2. The van der Waals surface area contributed by atoms with Crippen molar-refractivity contribution in [3.05, 3.63) is 5.69 Å². The predicted molar refractivity (Wildman–Crippen MR) is 74.7 cm³/mol. The minimum Gasteiger partial charge on any atom is -0.298 e. The van der Waals surface area contributed by atoms with Gasteiger partial charge in [-0.1, -0.05) is 5.21 Å². The normalized spacial score (nSPS) is 13.9. The van der Waals surface area contributed by atoms with Crippen molar-refractivity contribution in [2.75, 3.05) is 0 Å². The van der Waals surface area contributed by atoms with Gasteiger partial charge in [0.15, 0.2) is 5.44 Å². The van der Waals surface area contributed by atoms with Crippen LogP contribution in [0.3, 0.4) is 0 Å². The fourth-order valence-corrected chi connectivity index (χ4v) is 4.14. The van der Waals surface area contributed by atoms with E-state index in [0.717, 1.165) is 0 Å². The largest absolute Gasteiger partial charge is 0.382 e. The Morgan fingerprint density at radius 3 is 1.74 bits per heavy atom. The molecule has 0 aliphatic rings. The van der Waals surface area contributed by atoms with Crippen molar-refractivity contribution in [1.29, 1.82) is 0 Å². The maximum Gasteiger partial charge on any atom is 0.382 e. The molecule has 1 aromatic rings. The quantitative estimate of drug-likeness (QED) is 0.800. The Labute approximate surface area is 115 Å². The van der Waals surface area contributed by atoms with E-state index in [1.165, 1.54) is 4.68 Å². The van der Waals surface area contributed by atoms with Crippen LogP contribution >= 0.6 is 7.60 Å². The van der Waals surface area contributed by atoms with Crippen molar-refractivity contribution >= 4 is 13.0 Å². The lowest BCUT2D eigenvalue weighted by Crippen LogP contribution is -2.31. The van der Waals surface area contributed by atoms with Crippen molar-refractivity contribution in [1.82, 2.24) is 15.0 Å². The van der Waals surface area contributed by atoms with E-state index in [4.69, 9.17) is 9.05 Å². The molecule has 0 amide bonds. The van der Waals surface area contributed by atoms with E-state index in [9.17, 15) is 4.57 Å². The molecule has 1 heterocycles. The Morgan fingerprint density at radius 2 is 1.47 bits per heavy atom. The van der Waals surface area contributed by atoms with Crippen LogP contribution in [0.5, 0.6) is 0 Å². The van der Waals surface area contributed by atoms with Gasteiger partial charge < -0.3 is 0 Å². The molecule has 7 heteroatoms. The predicted octanol–water partition coefficient (Wildman–Crippen LogP) is 2.57. The smallest absolute Gasteiger partial charge is 0.298 e. The van der Waals surface area contributed by atoms with Gasteiger partial charge in [-0.05, 0) is 48.5 Å². The van der Waals surface area contributed by atoms with Gasteiger partial charge >= 0.3 is 7.60 Å². The van der Waals surface area contributed by atoms with Gasteiger partial charge in [-0.25, -0.2) is 4.68 Å². The summed E-state index contributed by atoms with van der Waals surface area (Å²) >= 11 is 0. The molecule has 0 spiro atoms. The maximum atomic E-state index is 13.2. The molecule has 0 aliphatic carbocycles. The average molecular weight is 289 g/mol. The minimum absolute atomic E-state index is 0.400. The van der Waals surface area contributed by atoms with Crippen LogP contribution in [0.15, 0.2) is 0 Å². The molecule has 1 aromatic heterocycles. The lowest BCUT2D eigenvalue weighted by Gasteiger charge is -2.31. The highest BCUT2D eigenvalue weighted by Crippen LogP contribution is 2.53. The first-order valence-corrected chi connectivity index (χ1v) is 7.77. The second-order valence-electron chi connectivity index (χ2n) is 6.53. The fourth-order valence-electron chi connectivity index (χ4n) is 1.66. The third kappa shape index (κ3) is 4.41. The van der Waals surface area contributed by atoms with Gasteiger partial charge in [0.1, 0.15) is 0 Å². The van der Waals surface area contributed by atoms with Crippen LogP contribution in [-0.2, 0) is 20.7 Å². The molecule has 0 aliphatic heterocycles. The van der Waals surface area contributed by atoms with E-state index in [0.29, 0.717) is 11.1 Å². The lowest BCUT2D eigenvalue weighted by molar-refractivity contribution is 0.0542. The van der Waals surface area contributed by atoms with E-state index in [-0.39, 0.29) is 0 Å². The maximum absolute atomic E-state index is 13.2. The third-order valence-electron chi connectivity index (χ3n) is 2.01. The Morgan fingerprint density at radius 1 is 1.05 bits per heavy atom. The van der Waals surface area contributed by atoms with E-state index in [1.807, 2.05) is 41.5 Å².